The Hall–Kier alpha value is -3.20. The highest BCUT2D eigenvalue weighted by Gasteiger charge is 2.25. The molecule has 1 saturated heterocycles. The normalized spacial score (nSPS) is 18.6. The van der Waals surface area contributed by atoms with Gasteiger partial charge >= 0.3 is 6.09 Å². The monoisotopic (exact) mass is 547 g/mol. The number of fused-ring (bicyclic) bond motifs is 1. The number of nitrogens with zero attached hydrogens (tertiary/aromatic N) is 5. The first-order valence-electron chi connectivity index (χ1n) is 14.4. The molecular formula is C30H37N5O3S. The third-order valence-corrected chi connectivity index (χ3v) is 9.01. The molecule has 2 aromatic heterocycles. The van der Waals surface area contributed by atoms with E-state index in [-0.39, 0.29) is 12.2 Å². The molecule has 39 heavy (non-hydrogen) atoms. The van der Waals surface area contributed by atoms with E-state index in [0.29, 0.717) is 25.6 Å². The van der Waals surface area contributed by atoms with Crippen molar-refractivity contribution in [2.24, 2.45) is 5.92 Å². The first-order chi connectivity index (χ1) is 19.1. The maximum atomic E-state index is 12.4. The summed E-state index contributed by atoms with van der Waals surface area (Å²) in [5, 5.41) is 0.735. The summed E-state index contributed by atoms with van der Waals surface area (Å²) in [5.41, 5.74) is 4.63. The highest BCUT2D eigenvalue weighted by atomic mass is 32.1. The number of aryl methyl sites for hydroxylation is 1. The molecule has 0 unspecified atom stereocenters. The number of amides is 1. The van der Waals surface area contributed by atoms with E-state index in [0.717, 1.165) is 66.6 Å². The van der Waals surface area contributed by atoms with E-state index in [1.807, 2.05) is 12.4 Å². The number of ether oxygens (including phenoxy) is 2. The summed E-state index contributed by atoms with van der Waals surface area (Å²) >= 11 is 1.61. The Kier molecular flexibility index (Phi) is 7.95. The molecule has 2 fully saturated rings. The van der Waals surface area contributed by atoms with Gasteiger partial charge in [0, 0.05) is 51.4 Å². The van der Waals surface area contributed by atoms with Crippen molar-refractivity contribution in [3.05, 3.63) is 47.8 Å². The number of hydrogen-bond acceptors (Lipinski definition) is 8. The van der Waals surface area contributed by atoms with Gasteiger partial charge in [-0.3, -0.25) is 0 Å². The number of thiazole rings is 1. The maximum absolute atomic E-state index is 12.4. The van der Waals surface area contributed by atoms with Gasteiger partial charge in [-0.1, -0.05) is 43.2 Å². The molecule has 0 radical (unpaired) electrons. The van der Waals surface area contributed by atoms with Crippen LogP contribution in [0.1, 0.15) is 63.0 Å². The quantitative estimate of drug-likeness (QED) is 0.336. The summed E-state index contributed by atoms with van der Waals surface area (Å²) in [6.07, 6.45) is 14.5. The van der Waals surface area contributed by atoms with Gasteiger partial charge in [0.05, 0.1) is 16.8 Å². The highest BCUT2D eigenvalue weighted by molar-refractivity contribution is 7.20. The van der Waals surface area contributed by atoms with Crippen LogP contribution in [0.15, 0.2) is 36.7 Å². The molecule has 1 aromatic carbocycles. The van der Waals surface area contributed by atoms with Gasteiger partial charge in [0.2, 0.25) is 5.95 Å². The molecule has 3 aromatic rings. The van der Waals surface area contributed by atoms with E-state index in [4.69, 9.17) is 14.5 Å². The van der Waals surface area contributed by atoms with Crippen molar-refractivity contribution in [3.8, 4) is 5.19 Å². The van der Waals surface area contributed by atoms with Crippen LogP contribution in [0.5, 0.6) is 5.19 Å². The fraction of sp³-hybridized carbons (Fsp3) is 0.533. The van der Waals surface area contributed by atoms with E-state index in [2.05, 4.69) is 46.1 Å². The first-order valence-corrected chi connectivity index (χ1v) is 15.2. The molecule has 2 aliphatic heterocycles. The van der Waals surface area contributed by atoms with E-state index in [1.54, 1.807) is 16.2 Å². The molecule has 0 atom stereocenters. The van der Waals surface area contributed by atoms with Crippen molar-refractivity contribution in [3.63, 3.8) is 0 Å². The van der Waals surface area contributed by atoms with Gasteiger partial charge in [0.25, 0.3) is 5.19 Å². The Morgan fingerprint density at radius 1 is 1.10 bits per heavy atom. The minimum atomic E-state index is -0.180. The largest absolute Gasteiger partial charge is 0.467 e. The van der Waals surface area contributed by atoms with Crippen molar-refractivity contribution < 1.29 is 14.3 Å². The Morgan fingerprint density at radius 3 is 2.62 bits per heavy atom. The van der Waals surface area contributed by atoms with Gasteiger partial charge in [-0.2, -0.15) is 0 Å². The lowest BCUT2D eigenvalue weighted by Gasteiger charge is -2.31. The molecule has 3 aliphatic rings. The van der Waals surface area contributed by atoms with Crippen LogP contribution in [0, 0.1) is 5.92 Å². The second-order valence-corrected chi connectivity index (χ2v) is 11.9. The van der Waals surface area contributed by atoms with E-state index >= 15 is 0 Å². The molecule has 1 amide bonds. The smallest absolute Gasteiger partial charge is 0.410 e. The molecule has 4 heterocycles. The number of anilines is 1. The second-order valence-electron chi connectivity index (χ2n) is 10.9. The molecule has 9 heteroatoms. The predicted molar refractivity (Wildman–Crippen MR) is 154 cm³/mol. The number of hydrogen-bond donors (Lipinski definition) is 0. The molecule has 1 aliphatic carbocycles. The third-order valence-electron chi connectivity index (χ3n) is 8.10. The molecule has 0 spiro atoms. The Bertz CT molecular complexity index is 1310. The summed E-state index contributed by atoms with van der Waals surface area (Å²) in [5.74, 6) is 1.38. The summed E-state index contributed by atoms with van der Waals surface area (Å²) in [7, 11) is 0. The van der Waals surface area contributed by atoms with Gasteiger partial charge in [-0.05, 0) is 60.4 Å². The lowest BCUT2D eigenvalue weighted by Crippen LogP contribution is -2.39. The van der Waals surface area contributed by atoms with Gasteiger partial charge < -0.3 is 19.3 Å². The average Bonchev–Trinajstić information content (AvgIpc) is 3.35. The van der Waals surface area contributed by atoms with Crippen molar-refractivity contribution in [1.82, 2.24) is 19.9 Å². The van der Waals surface area contributed by atoms with Crippen molar-refractivity contribution in [1.29, 1.82) is 0 Å². The lowest BCUT2D eigenvalue weighted by molar-refractivity contribution is 0.0744. The van der Waals surface area contributed by atoms with Crippen LogP contribution in [0.25, 0.3) is 15.8 Å². The molecule has 0 N–H and O–H groups in total. The van der Waals surface area contributed by atoms with Crippen LogP contribution >= 0.6 is 11.3 Å². The SMILES string of the molecule is CCCc1cnc(N2CCC(Oc3nc4ccc(C5=CCN(C(=O)OCC6CCC6)CC5)cc4s3)CC2)nc1. The number of carbonyl (C=O) groups excluding carboxylic acids is 1. The molecule has 206 valence electrons. The van der Waals surface area contributed by atoms with Crippen LogP contribution in [0.4, 0.5) is 10.7 Å². The van der Waals surface area contributed by atoms with Crippen LogP contribution in [-0.2, 0) is 11.2 Å². The zero-order valence-electron chi connectivity index (χ0n) is 22.7. The van der Waals surface area contributed by atoms with Crippen LogP contribution in [0.2, 0.25) is 0 Å². The van der Waals surface area contributed by atoms with E-state index < -0.39 is 0 Å². The fourth-order valence-electron chi connectivity index (χ4n) is 5.44. The number of benzene rings is 1. The van der Waals surface area contributed by atoms with E-state index in [9.17, 15) is 4.79 Å². The topological polar surface area (TPSA) is 80.7 Å². The summed E-state index contributed by atoms with van der Waals surface area (Å²) < 4.78 is 13.0. The van der Waals surface area contributed by atoms with Gasteiger partial charge in [0.1, 0.15) is 6.10 Å². The number of rotatable bonds is 8. The zero-order chi connectivity index (χ0) is 26.6. The lowest BCUT2D eigenvalue weighted by atomic mass is 9.86. The van der Waals surface area contributed by atoms with Crippen molar-refractivity contribution >= 4 is 39.2 Å². The minimum absolute atomic E-state index is 0.150. The Morgan fingerprint density at radius 2 is 1.92 bits per heavy atom. The van der Waals surface area contributed by atoms with Crippen LogP contribution in [-0.4, -0.2) is 64.8 Å². The van der Waals surface area contributed by atoms with Crippen LogP contribution in [0.3, 0.4) is 0 Å². The maximum Gasteiger partial charge on any atom is 0.410 e. The molecule has 0 bridgehead atoms. The van der Waals surface area contributed by atoms with Gasteiger partial charge in [0.15, 0.2) is 0 Å². The van der Waals surface area contributed by atoms with E-state index in [1.165, 1.54) is 36.0 Å². The molecule has 8 nitrogen and oxygen atoms in total. The van der Waals surface area contributed by atoms with Gasteiger partial charge in [-0.15, -0.1) is 0 Å². The Balaban J connectivity index is 1.02. The average molecular weight is 548 g/mol. The third kappa shape index (κ3) is 6.19. The zero-order valence-corrected chi connectivity index (χ0v) is 23.5. The van der Waals surface area contributed by atoms with Crippen molar-refractivity contribution in [2.45, 2.75) is 64.4 Å². The highest BCUT2D eigenvalue weighted by Crippen LogP contribution is 2.33. The van der Waals surface area contributed by atoms with Crippen LogP contribution < -0.4 is 9.64 Å². The number of piperidine rings is 1. The molecule has 6 rings (SSSR count). The predicted octanol–water partition coefficient (Wildman–Crippen LogP) is 6.11. The molecular weight excluding hydrogens is 510 g/mol. The Labute approximate surface area is 234 Å². The standard InChI is InChI=1S/C30H37N5O3S/c1-2-4-22-18-31-28(32-19-22)34-15-11-25(12-16-34)38-29-33-26-8-7-24(17-27(26)39-29)23-9-13-35(14-10-23)30(36)37-20-21-5-3-6-21/h7-9,17-19,21,25H,2-6,10-16,20H2,1H3. The van der Waals surface area contributed by atoms with Crippen molar-refractivity contribution in [2.75, 3.05) is 37.7 Å². The first kappa shape index (κ1) is 26.0. The summed E-state index contributed by atoms with van der Waals surface area (Å²) in [6, 6.07) is 6.42. The summed E-state index contributed by atoms with van der Waals surface area (Å²) in [4.78, 5) is 30.3. The summed E-state index contributed by atoms with van der Waals surface area (Å²) in [6.45, 7) is 5.79. The minimum Gasteiger partial charge on any atom is -0.467 e. The number of carbonyl (C=O) groups is 1. The van der Waals surface area contributed by atoms with Gasteiger partial charge in [-0.25, -0.2) is 19.7 Å². The fourth-order valence-corrected chi connectivity index (χ4v) is 6.36. The second kappa shape index (κ2) is 11.9. The molecule has 1 saturated carbocycles. The number of aromatic nitrogens is 3.